The molecule has 1 amide bonds. The molecule has 5 nitrogen and oxygen atoms in total. The number of amides is 1. The Morgan fingerprint density at radius 3 is 2.38 bits per heavy atom. The average Bonchev–Trinajstić information content (AvgIpc) is 2.50. The first kappa shape index (κ1) is 15.3. The van der Waals surface area contributed by atoms with E-state index in [9.17, 15) is 4.79 Å². The zero-order valence-corrected chi connectivity index (χ0v) is 13.0. The normalized spacial score (nSPS) is 11.2. The van der Waals surface area contributed by atoms with Gasteiger partial charge in [0.15, 0.2) is 5.84 Å². The van der Waals surface area contributed by atoms with Gasteiger partial charge in [0, 0.05) is 21.3 Å². The van der Waals surface area contributed by atoms with Crippen LogP contribution in [0.3, 0.4) is 0 Å². The summed E-state index contributed by atoms with van der Waals surface area (Å²) < 4.78 is 0.698. The molecule has 0 heterocycles. The maximum absolute atomic E-state index is 12.1. The van der Waals surface area contributed by atoms with Crippen molar-refractivity contribution in [2.45, 2.75) is 0 Å². The maximum Gasteiger partial charge on any atom is 0.255 e. The monoisotopic (exact) mass is 367 g/mol. The molecule has 2 rings (SSSR count). The molecular formula is C14H11BrClN3O2. The number of carbonyl (C=O) groups is 1. The summed E-state index contributed by atoms with van der Waals surface area (Å²) >= 11 is 9.18. The van der Waals surface area contributed by atoms with Gasteiger partial charge < -0.3 is 16.3 Å². The van der Waals surface area contributed by atoms with Gasteiger partial charge in [-0.3, -0.25) is 4.79 Å². The van der Waals surface area contributed by atoms with Crippen LogP contribution in [0.5, 0.6) is 0 Å². The van der Waals surface area contributed by atoms with Gasteiger partial charge in [0.25, 0.3) is 5.91 Å². The van der Waals surface area contributed by atoms with Gasteiger partial charge in [-0.1, -0.05) is 28.9 Å². The molecule has 0 unspecified atom stereocenters. The number of halogens is 2. The van der Waals surface area contributed by atoms with Crippen molar-refractivity contribution in [1.29, 1.82) is 0 Å². The van der Waals surface area contributed by atoms with Gasteiger partial charge in [-0.05, 0) is 46.3 Å². The van der Waals surface area contributed by atoms with Crippen LogP contribution in [0.15, 0.2) is 52.1 Å². The highest BCUT2D eigenvalue weighted by Crippen LogP contribution is 2.25. The number of anilines is 1. The largest absolute Gasteiger partial charge is 0.409 e. The van der Waals surface area contributed by atoms with Gasteiger partial charge in [0.1, 0.15) is 0 Å². The molecule has 0 spiro atoms. The second-order valence-electron chi connectivity index (χ2n) is 4.15. The first-order valence-electron chi connectivity index (χ1n) is 5.85. The van der Waals surface area contributed by atoms with E-state index in [1.54, 1.807) is 42.5 Å². The molecule has 0 saturated carbocycles. The van der Waals surface area contributed by atoms with Crippen molar-refractivity contribution in [3.05, 3.63) is 63.1 Å². The van der Waals surface area contributed by atoms with Gasteiger partial charge in [-0.15, -0.1) is 0 Å². The highest BCUT2D eigenvalue weighted by molar-refractivity contribution is 9.10. The summed E-state index contributed by atoms with van der Waals surface area (Å²) in [7, 11) is 0. The smallest absolute Gasteiger partial charge is 0.255 e. The number of hydrogen-bond acceptors (Lipinski definition) is 3. The van der Waals surface area contributed by atoms with Crippen LogP contribution < -0.4 is 11.1 Å². The third-order valence-corrected chi connectivity index (χ3v) is 3.94. The van der Waals surface area contributed by atoms with Crippen molar-refractivity contribution in [1.82, 2.24) is 0 Å². The topological polar surface area (TPSA) is 87.7 Å². The molecule has 0 aliphatic rings. The fourth-order valence-electron chi connectivity index (χ4n) is 1.63. The van der Waals surface area contributed by atoms with Crippen molar-refractivity contribution in [3.63, 3.8) is 0 Å². The van der Waals surface area contributed by atoms with Crippen molar-refractivity contribution in [2.24, 2.45) is 10.9 Å². The lowest BCUT2D eigenvalue weighted by molar-refractivity contribution is 0.102. The van der Waals surface area contributed by atoms with Crippen LogP contribution in [0.2, 0.25) is 5.02 Å². The lowest BCUT2D eigenvalue weighted by Gasteiger charge is -2.07. The Balaban J connectivity index is 2.14. The van der Waals surface area contributed by atoms with Crippen LogP contribution in [-0.4, -0.2) is 17.0 Å². The Bertz CT molecular complexity index is 702. The van der Waals surface area contributed by atoms with Crippen LogP contribution in [0, 0.1) is 0 Å². The zero-order valence-electron chi connectivity index (χ0n) is 10.7. The summed E-state index contributed by atoms with van der Waals surface area (Å²) in [4.78, 5) is 12.1. The number of nitrogens with one attached hydrogen (secondary N) is 1. The zero-order chi connectivity index (χ0) is 15.4. The van der Waals surface area contributed by atoms with Crippen molar-refractivity contribution < 1.29 is 10.0 Å². The average molecular weight is 369 g/mol. The molecule has 2 aromatic carbocycles. The van der Waals surface area contributed by atoms with Crippen molar-refractivity contribution in [3.8, 4) is 0 Å². The molecule has 0 atom stereocenters. The first-order chi connectivity index (χ1) is 10.0. The lowest BCUT2D eigenvalue weighted by Crippen LogP contribution is -2.15. The Labute approximate surface area is 134 Å². The number of benzene rings is 2. The van der Waals surface area contributed by atoms with Crippen LogP contribution >= 0.6 is 27.5 Å². The number of oxime groups is 1. The van der Waals surface area contributed by atoms with E-state index in [4.69, 9.17) is 22.5 Å². The number of hydrogen-bond donors (Lipinski definition) is 3. The van der Waals surface area contributed by atoms with E-state index in [1.165, 1.54) is 0 Å². The van der Waals surface area contributed by atoms with E-state index < -0.39 is 0 Å². The number of rotatable bonds is 3. The van der Waals surface area contributed by atoms with Crippen molar-refractivity contribution >= 4 is 45.0 Å². The van der Waals surface area contributed by atoms with Gasteiger partial charge in [0.05, 0.1) is 5.02 Å². The predicted molar refractivity (Wildman–Crippen MR) is 86.1 cm³/mol. The van der Waals surface area contributed by atoms with Gasteiger partial charge in [-0.2, -0.15) is 0 Å². The summed E-state index contributed by atoms with van der Waals surface area (Å²) in [6, 6.07) is 11.5. The highest BCUT2D eigenvalue weighted by Gasteiger charge is 2.08. The van der Waals surface area contributed by atoms with Crippen LogP contribution in [-0.2, 0) is 0 Å². The minimum absolute atomic E-state index is 0.0106. The molecule has 0 aromatic heterocycles. The first-order valence-corrected chi connectivity index (χ1v) is 7.02. The third kappa shape index (κ3) is 3.74. The summed E-state index contributed by atoms with van der Waals surface area (Å²) in [5, 5.41) is 14.8. The molecule has 0 saturated heterocycles. The fraction of sp³-hybridized carbons (Fsp3) is 0. The summed E-state index contributed by atoms with van der Waals surface area (Å²) in [5.41, 5.74) is 7.06. The second kappa shape index (κ2) is 6.60. The van der Waals surface area contributed by atoms with Crippen LogP contribution in [0.4, 0.5) is 5.69 Å². The number of nitrogens with zero attached hydrogens (tertiary/aromatic N) is 1. The number of nitrogens with two attached hydrogens (primary N) is 1. The fourth-order valence-corrected chi connectivity index (χ4v) is 2.12. The van der Waals surface area contributed by atoms with E-state index >= 15 is 0 Å². The molecule has 4 N–H and O–H groups in total. The molecule has 7 heteroatoms. The van der Waals surface area contributed by atoms with E-state index in [1.807, 2.05) is 0 Å². The molecule has 2 aromatic rings. The Morgan fingerprint density at radius 1 is 1.19 bits per heavy atom. The Hall–Kier alpha value is -2.05. The van der Waals surface area contributed by atoms with Gasteiger partial charge in [-0.25, -0.2) is 0 Å². The Kier molecular flexibility index (Phi) is 4.82. The quantitative estimate of drug-likeness (QED) is 0.335. The third-order valence-electron chi connectivity index (χ3n) is 2.73. The molecule has 0 aliphatic heterocycles. The van der Waals surface area contributed by atoms with Crippen LogP contribution in [0.25, 0.3) is 0 Å². The van der Waals surface area contributed by atoms with Gasteiger partial charge in [0.2, 0.25) is 0 Å². The van der Waals surface area contributed by atoms with Crippen molar-refractivity contribution in [2.75, 3.05) is 5.32 Å². The maximum atomic E-state index is 12.1. The van der Waals surface area contributed by atoms with E-state index in [0.29, 0.717) is 26.3 Å². The molecule has 0 bridgehead atoms. The van der Waals surface area contributed by atoms with E-state index in [-0.39, 0.29) is 11.7 Å². The predicted octanol–water partition coefficient (Wildman–Crippen LogP) is 3.45. The number of amidine groups is 1. The van der Waals surface area contributed by atoms with Crippen LogP contribution in [0.1, 0.15) is 15.9 Å². The highest BCUT2D eigenvalue weighted by atomic mass is 79.9. The summed E-state index contributed by atoms with van der Waals surface area (Å²) in [5.74, 6) is -0.279. The molecular weight excluding hydrogens is 358 g/mol. The van der Waals surface area contributed by atoms with E-state index in [0.717, 1.165) is 0 Å². The minimum Gasteiger partial charge on any atom is -0.409 e. The molecule has 0 radical (unpaired) electrons. The standard InChI is InChI=1S/C14H11BrClN3O2/c15-11-7-10(5-6-12(11)16)18-14(20)9-3-1-8(2-4-9)13(17)19-21/h1-7,21H,(H2,17,19)(H,18,20). The Morgan fingerprint density at radius 2 is 1.81 bits per heavy atom. The van der Waals surface area contributed by atoms with Gasteiger partial charge >= 0.3 is 0 Å². The minimum atomic E-state index is -0.268. The molecule has 108 valence electrons. The number of carbonyl (C=O) groups excluding carboxylic acids is 1. The SMILES string of the molecule is N/C(=N/O)c1ccc(C(=O)Nc2ccc(Cl)c(Br)c2)cc1. The van der Waals surface area contributed by atoms with E-state index in [2.05, 4.69) is 26.4 Å². The summed E-state index contributed by atoms with van der Waals surface area (Å²) in [6.45, 7) is 0. The molecule has 0 aliphatic carbocycles. The molecule has 0 fully saturated rings. The summed E-state index contributed by atoms with van der Waals surface area (Å²) in [6.07, 6.45) is 0. The second-order valence-corrected chi connectivity index (χ2v) is 5.41. The molecule has 21 heavy (non-hydrogen) atoms. The lowest BCUT2D eigenvalue weighted by atomic mass is 10.1.